The lowest BCUT2D eigenvalue weighted by Crippen LogP contribution is -2.47. The first-order valence-electron chi connectivity index (χ1n) is 11.3. The number of pyridine rings is 1. The Labute approximate surface area is 211 Å². The van der Waals surface area contributed by atoms with Gasteiger partial charge < -0.3 is 26.0 Å². The summed E-state index contributed by atoms with van der Waals surface area (Å²) in [7, 11) is 2.00. The molecule has 1 aromatic carbocycles. The van der Waals surface area contributed by atoms with Gasteiger partial charge in [-0.2, -0.15) is 0 Å². The molecule has 3 aromatic rings. The first kappa shape index (κ1) is 25.7. The number of piperazine rings is 1. The average molecular weight is 516 g/mol. The Morgan fingerprint density at radius 3 is 2.33 bits per heavy atom. The van der Waals surface area contributed by atoms with E-state index >= 15 is 0 Å². The third-order valence-electron chi connectivity index (χ3n) is 5.99. The zero-order valence-electron chi connectivity index (χ0n) is 20.1. The lowest BCUT2D eigenvalue weighted by atomic mass is 9.96. The van der Waals surface area contributed by atoms with E-state index in [0.29, 0.717) is 13.1 Å². The highest BCUT2D eigenvalue weighted by atomic mass is 32.1. The number of likely N-dealkylation sites (N-methyl/N-ethyl adjacent to an activating group) is 1. The molecule has 8 nitrogen and oxygen atoms in total. The molecular weight excluding hydrogens is 488 g/mol. The zero-order valence-corrected chi connectivity index (χ0v) is 21.0. The molecule has 0 aliphatic carbocycles. The van der Waals surface area contributed by atoms with E-state index in [4.69, 9.17) is 5.73 Å². The Kier molecular flexibility index (Phi) is 7.07. The summed E-state index contributed by atoms with van der Waals surface area (Å²) < 4.78 is 29.8. The molecular formula is C25H27F2N5O3S. The minimum Gasteiger partial charge on any atom is -0.386 e. The van der Waals surface area contributed by atoms with E-state index in [9.17, 15) is 23.5 Å². The maximum absolute atomic E-state index is 14.9. The minimum atomic E-state index is -1.43. The molecule has 0 bridgehead atoms. The lowest BCUT2D eigenvalue weighted by molar-refractivity contribution is 0.0658. The van der Waals surface area contributed by atoms with Crippen molar-refractivity contribution >= 4 is 34.0 Å². The van der Waals surface area contributed by atoms with Gasteiger partial charge in [-0.25, -0.2) is 13.8 Å². The van der Waals surface area contributed by atoms with Crippen LogP contribution in [-0.2, 0) is 5.60 Å². The molecule has 0 unspecified atom stereocenters. The van der Waals surface area contributed by atoms with E-state index in [1.807, 2.05) is 7.05 Å². The highest BCUT2D eigenvalue weighted by molar-refractivity contribution is 7.20. The van der Waals surface area contributed by atoms with E-state index in [1.165, 1.54) is 19.9 Å². The summed E-state index contributed by atoms with van der Waals surface area (Å²) >= 11 is 0.925. The van der Waals surface area contributed by atoms with Crippen molar-refractivity contribution in [3.63, 3.8) is 0 Å². The molecule has 1 aliphatic heterocycles. The Morgan fingerprint density at radius 1 is 1.11 bits per heavy atom. The van der Waals surface area contributed by atoms with Crippen molar-refractivity contribution in [1.82, 2.24) is 14.8 Å². The van der Waals surface area contributed by atoms with Gasteiger partial charge in [0.1, 0.15) is 28.1 Å². The summed E-state index contributed by atoms with van der Waals surface area (Å²) in [6, 6.07) is 8.31. The molecule has 4 rings (SSSR count). The number of nitrogens with zero attached hydrogens (tertiary/aromatic N) is 3. The van der Waals surface area contributed by atoms with E-state index in [2.05, 4.69) is 15.2 Å². The monoisotopic (exact) mass is 515 g/mol. The van der Waals surface area contributed by atoms with Crippen molar-refractivity contribution in [2.75, 3.05) is 38.5 Å². The fourth-order valence-electron chi connectivity index (χ4n) is 3.86. The van der Waals surface area contributed by atoms with Crippen molar-refractivity contribution in [1.29, 1.82) is 0 Å². The van der Waals surface area contributed by atoms with Crippen molar-refractivity contribution in [2.45, 2.75) is 19.4 Å². The van der Waals surface area contributed by atoms with Gasteiger partial charge in [0.05, 0.1) is 16.7 Å². The largest absolute Gasteiger partial charge is 0.386 e. The molecule has 190 valence electrons. The van der Waals surface area contributed by atoms with Gasteiger partial charge in [-0.05, 0) is 56.8 Å². The number of amides is 2. The molecule has 11 heteroatoms. The number of carbonyl (C=O) groups excluding carboxylic acids is 2. The number of hydrogen-bond donors (Lipinski definition) is 3. The SMILES string of the molecule is CN1CCN(C(=O)c2cccc(Nc3sc(-c4c(F)cc(C(C)(C)O)cc4F)cc3C(N)=O)n2)CC1. The highest BCUT2D eigenvalue weighted by Crippen LogP contribution is 2.40. The molecule has 0 atom stereocenters. The second-order valence-corrected chi connectivity index (χ2v) is 10.3. The summed E-state index contributed by atoms with van der Waals surface area (Å²) in [5, 5.41) is 13.3. The van der Waals surface area contributed by atoms with Gasteiger partial charge in [0.25, 0.3) is 11.8 Å². The summed E-state index contributed by atoms with van der Waals surface area (Å²) in [5.74, 6) is -2.48. The maximum atomic E-state index is 14.9. The van der Waals surface area contributed by atoms with Gasteiger partial charge in [0, 0.05) is 31.1 Å². The number of nitrogens with two attached hydrogens (primary N) is 1. The number of aromatic nitrogens is 1. The fourth-order valence-corrected chi connectivity index (χ4v) is 4.98. The Hall–Kier alpha value is -3.41. The number of thiophene rings is 1. The first-order valence-corrected chi connectivity index (χ1v) is 12.1. The van der Waals surface area contributed by atoms with Gasteiger partial charge in [-0.15, -0.1) is 11.3 Å². The number of anilines is 2. The zero-order chi connectivity index (χ0) is 26.2. The van der Waals surface area contributed by atoms with Crippen molar-refractivity contribution < 1.29 is 23.5 Å². The predicted octanol–water partition coefficient (Wildman–Crippen LogP) is 3.55. The van der Waals surface area contributed by atoms with E-state index in [-0.39, 0.29) is 44.0 Å². The first-order chi connectivity index (χ1) is 16.9. The smallest absolute Gasteiger partial charge is 0.272 e. The van der Waals surface area contributed by atoms with Gasteiger partial charge in [0.2, 0.25) is 0 Å². The number of aliphatic hydroxyl groups is 1. The molecule has 0 spiro atoms. The quantitative estimate of drug-likeness (QED) is 0.463. The maximum Gasteiger partial charge on any atom is 0.272 e. The van der Waals surface area contributed by atoms with Crippen molar-refractivity contribution in [3.8, 4) is 10.4 Å². The van der Waals surface area contributed by atoms with Gasteiger partial charge >= 0.3 is 0 Å². The van der Waals surface area contributed by atoms with Crippen LogP contribution in [0, 0.1) is 11.6 Å². The van der Waals surface area contributed by atoms with Crippen LogP contribution in [0.2, 0.25) is 0 Å². The summed E-state index contributed by atoms with van der Waals surface area (Å²) in [5.41, 5.74) is 4.10. The molecule has 3 heterocycles. The molecule has 1 fully saturated rings. The van der Waals surface area contributed by atoms with Gasteiger partial charge in [0.15, 0.2) is 0 Å². The van der Waals surface area contributed by atoms with Crippen molar-refractivity contribution in [3.05, 3.63) is 64.9 Å². The number of nitrogens with one attached hydrogen (secondary N) is 1. The number of carbonyl (C=O) groups is 2. The number of hydrogen-bond acceptors (Lipinski definition) is 7. The second-order valence-electron chi connectivity index (χ2n) is 9.22. The third-order valence-corrected chi connectivity index (χ3v) is 7.06. The molecule has 1 saturated heterocycles. The van der Waals surface area contributed by atoms with E-state index in [1.54, 1.807) is 23.1 Å². The average Bonchev–Trinajstić information content (AvgIpc) is 3.21. The number of halogens is 2. The predicted molar refractivity (Wildman–Crippen MR) is 134 cm³/mol. The molecule has 0 radical (unpaired) electrons. The normalized spacial score (nSPS) is 14.7. The molecule has 1 aliphatic rings. The van der Waals surface area contributed by atoms with E-state index < -0.39 is 23.1 Å². The standard InChI is InChI=1S/C25H27F2N5O3S/c1-25(2,35)14-11-16(26)21(17(27)12-14)19-13-15(22(28)33)23(36-19)30-20-6-4-5-18(29-20)24(34)32-9-7-31(3)8-10-32/h4-6,11-13,35H,7-10H2,1-3H3,(H2,28,33)(H,29,30). The van der Waals surface area contributed by atoms with Gasteiger partial charge in [-0.3, -0.25) is 9.59 Å². The van der Waals surface area contributed by atoms with Crippen LogP contribution in [0.3, 0.4) is 0 Å². The van der Waals surface area contributed by atoms with Crippen molar-refractivity contribution in [2.24, 2.45) is 5.73 Å². The van der Waals surface area contributed by atoms with E-state index in [0.717, 1.165) is 36.6 Å². The molecule has 2 amide bonds. The van der Waals surface area contributed by atoms with Gasteiger partial charge in [-0.1, -0.05) is 6.07 Å². The minimum absolute atomic E-state index is 0.0259. The summed E-state index contributed by atoms with van der Waals surface area (Å²) in [6.07, 6.45) is 0. The van der Waals surface area contributed by atoms with Crippen LogP contribution in [0.25, 0.3) is 10.4 Å². The van der Waals surface area contributed by atoms with Crippen LogP contribution in [0.5, 0.6) is 0 Å². The van der Waals surface area contributed by atoms with Crippen LogP contribution in [0.15, 0.2) is 36.4 Å². The topological polar surface area (TPSA) is 112 Å². The number of rotatable bonds is 6. The van der Waals surface area contributed by atoms with Crippen LogP contribution in [0.4, 0.5) is 19.6 Å². The fraction of sp³-hybridized carbons (Fsp3) is 0.320. The third kappa shape index (κ3) is 5.38. The molecule has 4 N–H and O–H groups in total. The second kappa shape index (κ2) is 9.92. The number of primary amides is 1. The Balaban J connectivity index is 1.64. The number of benzene rings is 1. The summed E-state index contributed by atoms with van der Waals surface area (Å²) in [6.45, 7) is 5.58. The molecule has 36 heavy (non-hydrogen) atoms. The van der Waals surface area contributed by atoms with Crippen LogP contribution in [-0.4, -0.2) is 64.9 Å². The van der Waals surface area contributed by atoms with Crippen LogP contribution < -0.4 is 11.1 Å². The van der Waals surface area contributed by atoms with Crippen LogP contribution >= 0.6 is 11.3 Å². The molecule has 2 aromatic heterocycles. The summed E-state index contributed by atoms with van der Waals surface area (Å²) in [4.78, 5) is 33.4. The van der Waals surface area contributed by atoms with Crippen LogP contribution in [0.1, 0.15) is 40.3 Å². The molecule has 0 saturated carbocycles. The highest BCUT2D eigenvalue weighted by Gasteiger charge is 2.25. The Morgan fingerprint density at radius 2 is 1.75 bits per heavy atom. The lowest BCUT2D eigenvalue weighted by Gasteiger charge is -2.32. The Bertz CT molecular complexity index is 1290.